The van der Waals surface area contributed by atoms with Crippen molar-refractivity contribution in [3.05, 3.63) is 0 Å². The Balaban J connectivity index is 2.38. The molecule has 1 aliphatic heterocycles. The number of nitrogens with one attached hydrogen (secondary N) is 1. The van der Waals surface area contributed by atoms with Crippen LogP contribution in [-0.4, -0.2) is 54.4 Å². The number of carbonyl (C=O) groups excluding carboxylic acids is 1. The van der Waals surface area contributed by atoms with Gasteiger partial charge in [-0.25, -0.2) is 4.79 Å². The number of hydrogen-bond donors (Lipinski definition) is 2. The molecular weight excluding hydrogens is 236 g/mol. The summed E-state index contributed by atoms with van der Waals surface area (Å²) in [7, 11) is 0. The number of piperidine rings is 1. The molecule has 1 aliphatic rings. The van der Waals surface area contributed by atoms with E-state index in [0.29, 0.717) is 32.7 Å². The maximum Gasteiger partial charge on any atom is 0.317 e. The fraction of sp³-hybridized carbons (Fsp3) is 0.833. The number of aliphatic carboxylic acids is 1. The number of amides is 2. The molecule has 0 radical (unpaired) electrons. The van der Waals surface area contributed by atoms with Gasteiger partial charge < -0.3 is 20.1 Å². The van der Waals surface area contributed by atoms with Crippen molar-refractivity contribution < 1.29 is 19.4 Å². The van der Waals surface area contributed by atoms with Gasteiger partial charge >= 0.3 is 12.0 Å². The molecule has 1 fully saturated rings. The Morgan fingerprint density at radius 2 is 2.28 bits per heavy atom. The summed E-state index contributed by atoms with van der Waals surface area (Å²) < 4.78 is 5.22. The second kappa shape index (κ2) is 7.20. The number of likely N-dealkylation sites (tertiary alicyclic amines) is 1. The number of nitrogens with zero attached hydrogens (tertiary/aromatic N) is 1. The Morgan fingerprint density at radius 1 is 1.56 bits per heavy atom. The van der Waals surface area contributed by atoms with E-state index in [4.69, 9.17) is 9.84 Å². The third kappa shape index (κ3) is 4.52. The van der Waals surface area contributed by atoms with Gasteiger partial charge in [0.25, 0.3) is 0 Å². The molecule has 0 bridgehead atoms. The summed E-state index contributed by atoms with van der Waals surface area (Å²) in [5.74, 6) is -1.26. The van der Waals surface area contributed by atoms with Crippen LogP contribution >= 0.6 is 0 Å². The van der Waals surface area contributed by atoms with Crippen LogP contribution in [0.15, 0.2) is 0 Å². The molecule has 1 rings (SSSR count). The van der Waals surface area contributed by atoms with Crippen LogP contribution in [-0.2, 0) is 9.53 Å². The summed E-state index contributed by atoms with van der Waals surface area (Å²) in [5.41, 5.74) is 0. The Bertz CT molecular complexity index is 296. The van der Waals surface area contributed by atoms with E-state index >= 15 is 0 Å². The normalized spacial score (nSPS) is 21.4. The van der Waals surface area contributed by atoms with E-state index in [0.717, 1.165) is 6.42 Å². The molecule has 18 heavy (non-hydrogen) atoms. The quantitative estimate of drug-likeness (QED) is 0.768. The van der Waals surface area contributed by atoms with Crippen LogP contribution in [0.3, 0.4) is 0 Å². The first-order valence-corrected chi connectivity index (χ1v) is 6.40. The second-order valence-electron chi connectivity index (χ2n) is 4.63. The van der Waals surface area contributed by atoms with Crippen LogP contribution in [0.2, 0.25) is 0 Å². The molecule has 0 spiro atoms. The van der Waals surface area contributed by atoms with Gasteiger partial charge in [-0.3, -0.25) is 4.79 Å². The van der Waals surface area contributed by atoms with E-state index < -0.39 is 11.9 Å². The summed E-state index contributed by atoms with van der Waals surface area (Å²) in [5, 5.41) is 11.8. The van der Waals surface area contributed by atoms with Gasteiger partial charge in [0.15, 0.2) is 0 Å². The van der Waals surface area contributed by atoms with Gasteiger partial charge in [-0.2, -0.15) is 0 Å². The lowest BCUT2D eigenvalue weighted by Crippen LogP contribution is -2.50. The predicted molar refractivity (Wildman–Crippen MR) is 66.4 cm³/mol. The Hall–Kier alpha value is -1.30. The highest BCUT2D eigenvalue weighted by Crippen LogP contribution is 2.16. The molecule has 0 aromatic carbocycles. The fourth-order valence-electron chi connectivity index (χ4n) is 2.00. The molecule has 2 N–H and O–H groups in total. The van der Waals surface area contributed by atoms with E-state index in [2.05, 4.69) is 5.32 Å². The van der Waals surface area contributed by atoms with Crippen LogP contribution in [0, 0.1) is 5.92 Å². The van der Waals surface area contributed by atoms with Crippen molar-refractivity contribution in [3.8, 4) is 0 Å². The number of carboxylic acids is 1. The minimum absolute atomic E-state index is 0.0670. The highest BCUT2D eigenvalue weighted by Gasteiger charge is 2.28. The molecule has 0 aliphatic carbocycles. The SMILES string of the molecule is CCOCC(C)NC(=O)N1CCC[C@H](C(=O)O)C1. The van der Waals surface area contributed by atoms with Crippen LogP contribution in [0.4, 0.5) is 4.79 Å². The lowest BCUT2D eigenvalue weighted by molar-refractivity contribution is -0.143. The van der Waals surface area contributed by atoms with Crippen LogP contribution in [0.5, 0.6) is 0 Å². The number of carboxylic acid groups (broad SMARTS) is 1. The zero-order chi connectivity index (χ0) is 13.5. The van der Waals surface area contributed by atoms with Crippen molar-refractivity contribution in [1.29, 1.82) is 0 Å². The summed E-state index contributed by atoms with van der Waals surface area (Å²) >= 11 is 0. The summed E-state index contributed by atoms with van der Waals surface area (Å²) in [4.78, 5) is 24.4. The van der Waals surface area contributed by atoms with E-state index in [1.165, 1.54) is 0 Å². The highest BCUT2D eigenvalue weighted by atomic mass is 16.5. The molecule has 1 saturated heterocycles. The molecule has 2 amide bonds. The molecule has 6 heteroatoms. The Labute approximate surface area is 107 Å². The average Bonchev–Trinajstić information content (AvgIpc) is 2.36. The van der Waals surface area contributed by atoms with Gasteiger partial charge in [0.05, 0.1) is 18.6 Å². The number of carbonyl (C=O) groups is 2. The molecule has 0 aromatic rings. The van der Waals surface area contributed by atoms with E-state index in [9.17, 15) is 9.59 Å². The van der Waals surface area contributed by atoms with Crippen molar-refractivity contribution >= 4 is 12.0 Å². The van der Waals surface area contributed by atoms with E-state index in [1.54, 1.807) is 4.90 Å². The first-order chi connectivity index (χ1) is 8.54. The third-order valence-electron chi connectivity index (χ3n) is 3.00. The molecule has 0 aromatic heterocycles. The van der Waals surface area contributed by atoms with Gasteiger partial charge in [-0.15, -0.1) is 0 Å². The topological polar surface area (TPSA) is 78.9 Å². The number of ether oxygens (including phenoxy) is 1. The van der Waals surface area contributed by atoms with E-state index in [1.807, 2.05) is 13.8 Å². The maximum atomic E-state index is 11.9. The standard InChI is InChI=1S/C12H22N2O4/c1-3-18-8-9(2)13-12(17)14-6-4-5-10(7-14)11(15)16/h9-10H,3-8H2,1-2H3,(H,13,17)(H,15,16)/t9?,10-/m0/s1. The summed E-state index contributed by atoms with van der Waals surface area (Å²) in [6.07, 6.45) is 1.39. The summed E-state index contributed by atoms with van der Waals surface area (Å²) in [6, 6.07) is -0.268. The largest absolute Gasteiger partial charge is 0.481 e. The maximum absolute atomic E-state index is 11.9. The van der Waals surface area contributed by atoms with Gasteiger partial charge in [0, 0.05) is 19.7 Å². The first-order valence-electron chi connectivity index (χ1n) is 6.40. The van der Waals surface area contributed by atoms with Crippen LogP contribution in [0.25, 0.3) is 0 Å². The van der Waals surface area contributed by atoms with Crippen LogP contribution < -0.4 is 5.32 Å². The van der Waals surface area contributed by atoms with Gasteiger partial charge in [0.2, 0.25) is 0 Å². The molecule has 2 atom stereocenters. The van der Waals surface area contributed by atoms with Gasteiger partial charge in [-0.1, -0.05) is 0 Å². The second-order valence-corrected chi connectivity index (χ2v) is 4.63. The number of hydrogen-bond acceptors (Lipinski definition) is 3. The summed E-state index contributed by atoms with van der Waals surface area (Å²) in [6.45, 7) is 5.77. The fourth-order valence-corrected chi connectivity index (χ4v) is 2.00. The predicted octanol–water partition coefficient (Wildman–Crippen LogP) is 0.918. The Kier molecular flexibility index (Phi) is 5.91. The van der Waals surface area contributed by atoms with E-state index in [-0.39, 0.29) is 12.1 Å². The number of rotatable bonds is 5. The van der Waals surface area contributed by atoms with Gasteiger partial charge in [0.1, 0.15) is 0 Å². The first kappa shape index (κ1) is 14.8. The zero-order valence-corrected chi connectivity index (χ0v) is 11.0. The van der Waals surface area contributed by atoms with Crippen molar-refractivity contribution in [3.63, 3.8) is 0 Å². The highest BCUT2D eigenvalue weighted by molar-refractivity contribution is 5.76. The lowest BCUT2D eigenvalue weighted by atomic mass is 9.99. The minimum Gasteiger partial charge on any atom is -0.481 e. The average molecular weight is 258 g/mol. The Morgan fingerprint density at radius 3 is 2.89 bits per heavy atom. The zero-order valence-electron chi connectivity index (χ0n) is 11.0. The smallest absolute Gasteiger partial charge is 0.317 e. The van der Waals surface area contributed by atoms with Crippen LogP contribution in [0.1, 0.15) is 26.7 Å². The lowest BCUT2D eigenvalue weighted by Gasteiger charge is -2.31. The van der Waals surface area contributed by atoms with Crippen molar-refractivity contribution in [2.24, 2.45) is 5.92 Å². The third-order valence-corrected chi connectivity index (χ3v) is 3.00. The molecular formula is C12H22N2O4. The van der Waals surface area contributed by atoms with Crippen molar-refractivity contribution in [2.75, 3.05) is 26.3 Å². The molecule has 104 valence electrons. The molecule has 1 unspecified atom stereocenters. The molecule has 0 saturated carbocycles. The minimum atomic E-state index is -0.824. The monoisotopic (exact) mass is 258 g/mol. The number of urea groups is 1. The van der Waals surface area contributed by atoms with Crippen molar-refractivity contribution in [1.82, 2.24) is 10.2 Å². The van der Waals surface area contributed by atoms with Gasteiger partial charge in [-0.05, 0) is 26.7 Å². The molecule has 1 heterocycles. The van der Waals surface area contributed by atoms with Crippen molar-refractivity contribution in [2.45, 2.75) is 32.7 Å². The molecule has 6 nitrogen and oxygen atoms in total.